The van der Waals surface area contributed by atoms with Crippen molar-refractivity contribution in [1.82, 2.24) is 9.55 Å². The monoisotopic (exact) mass is 328 g/mol. The van der Waals surface area contributed by atoms with Crippen LogP contribution >= 0.6 is 22.7 Å². The Morgan fingerprint density at radius 2 is 2.05 bits per heavy atom. The highest BCUT2D eigenvalue weighted by Gasteiger charge is 2.23. The predicted octanol–water partition coefficient (Wildman–Crippen LogP) is 4.39. The Labute approximate surface area is 136 Å². The first kappa shape index (κ1) is 13.9. The van der Waals surface area contributed by atoms with Gasteiger partial charge >= 0.3 is 0 Å². The van der Waals surface area contributed by atoms with Gasteiger partial charge in [-0.25, -0.2) is 4.98 Å². The first-order valence-electron chi connectivity index (χ1n) is 7.32. The summed E-state index contributed by atoms with van der Waals surface area (Å²) in [4.78, 5) is 22.2. The van der Waals surface area contributed by atoms with Gasteiger partial charge in [0.25, 0.3) is 5.56 Å². The molecule has 0 saturated heterocycles. The van der Waals surface area contributed by atoms with Crippen molar-refractivity contribution in [2.75, 3.05) is 0 Å². The van der Waals surface area contributed by atoms with E-state index in [-0.39, 0.29) is 5.56 Å². The maximum Gasteiger partial charge on any atom is 0.262 e. The molecule has 22 heavy (non-hydrogen) atoms. The van der Waals surface area contributed by atoms with E-state index in [0.29, 0.717) is 0 Å². The third-order valence-corrected chi connectivity index (χ3v) is 6.31. The van der Waals surface area contributed by atoms with E-state index in [1.54, 1.807) is 22.7 Å². The van der Waals surface area contributed by atoms with Gasteiger partial charge in [-0.1, -0.05) is 0 Å². The van der Waals surface area contributed by atoms with Crippen LogP contribution < -0.4 is 5.56 Å². The molecule has 1 aliphatic rings. The van der Waals surface area contributed by atoms with Gasteiger partial charge in [0.2, 0.25) is 0 Å². The molecule has 0 fully saturated rings. The third kappa shape index (κ3) is 2.00. The number of rotatable bonds is 1. The average molecular weight is 328 g/mol. The normalized spacial score (nSPS) is 15.9. The maximum atomic E-state index is 12.8. The summed E-state index contributed by atoms with van der Waals surface area (Å²) in [6.07, 6.45) is 3.07. The second-order valence-electron chi connectivity index (χ2n) is 5.72. The van der Waals surface area contributed by atoms with Gasteiger partial charge < -0.3 is 0 Å². The lowest BCUT2D eigenvalue weighted by atomic mass is 10.2. The highest BCUT2D eigenvalue weighted by Crippen LogP contribution is 2.32. The molecule has 4 rings (SSSR count). The Hall–Kier alpha value is -1.72. The average Bonchev–Trinajstić information content (AvgIpc) is 3.13. The zero-order chi connectivity index (χ0) is 15.4. The number of aromatic nitrogens is 2. The van der Waals surface area contributed by atoms with Crippen LogP contribution in [0.4, 0.5) is 0 Å². The molecule has 4 heterocycles. The molecule has 0 radical (unpaired) electrons. The standard InChI is InChI=1S/C17H16N2OS2/c1-9-4-5-13(21-9)8-12-6-7-19-15(12)18-16-14(17(19)20)10(2)11(3)22-16/h4-5,8H,6-7H2,1-3H3/b12-8+. The van der Waals surface area contributed by atoms with Crippen molar-refractivity contribution in [2.45, 2.75) is 33.7 Å². The van der Waals surface area contributed by atoms with E-state index in [9.17, 15) is 4.79 Å². The van der Waals surface area contributed by atoms with Crippen LogP contribution in [0, 0.1) is 20.8 Å². The van der Waals surface area contributed by atoms with Crippen molar-refractivity contribution in [2.24, 2.45) is 0 Å². The lowest BCUT2D eigenvalue weighted by Gasteiger charge is -2.03. The minimum atomic E-state index is 0.118. The van der Waals surface area contributed by atoms with Crippen molar-refractivity contribution in [3.63, 3.8) is 0 Å². The maximum absolute atomic E-state index is 12.8. The number of aryl methyl sites for hydroxylation is 3. The number of hydrogen-bond acceptors (Lipinski definition) is 4. The molecule has 0 saturated carbocycles. The topological polar surface area (TPSA) is 34.9 Å². The summed E-state index contributed by atoms with van der Waals surface area (Å²) in [6.45, 7) is 6.92. The van der Waals surface area contributed by atoms with Gasteiger partial charge in [0.05, 0.1) is 5.39 Å². The molecule has 3 aromatic heterocycles. The van der Waals surface area contributed by atoms with Crippen LogP contribution in [-0.2, 0) is 6.54 Å². The fraction of sp³-hybridized carbons (Fsp3) is 0.294. The number of allylic oxidation sites excluding steroid dienone is 1. The number of nitrogens with zero attached hydrogens (tertiary/aromatic N) is 2. The Morgan fingerprint density at radius 1 is 1.23 bits per heavy atom. The second-order valence-corrected chi connectivity index (χ2v) is 8.25. The van der Waals surface area contributed by atoms with E-state index in [0.717, 1.165) is 34.6 Å². The molecule has 5 heteroatoms. The van der Waals surface area contributed by atoms with E-state index in [1.165, 1.54) is 20.2 Å². The van der Waals surface area contributed by atoms with Crippen LogP contribution in [0.2, 0.25) is 0 Å². The summed E-state index contributed by atoms with van der Waals surface area (Å²) in [5.41, 5.74) is 2.37. The molecule has 0 unspecified atom stereocenters. The summed E-state index contributed by atoms with van der Waals surface area (Å²) in [5, 5.41) is 0.805. The van der Waals surface area contributed by atoms with Gasteiger partial charge in [-0.2, -0.15) is 0 Å². The van der Waals surface area contributed by atoms with Crippen molar-refractivity contribution < 1.29 is 0 Å². The third-order valence-electron chi connectivity index (χ3n) is 4.26. The Morgan fingerprint density at radius 3 is 2.77 bits per heavy atom. The summed E-state index contributed by atoms with van der Waals surface area (Å²) in [5.74, 6) is 0.852. The molecule has 0 spiro atoms. The second kappa shape index (κ2) is 4.89. The molecule has 0 amide bonds. The SMILES string of the molecule is Cc1ccc(/C=C2\CCn3c2nc2sc(C)c(C)c2c3=O)s1. The van der Waals surface area contributed by atoms with Crippen LogP contribution in [0.25, 0.3) is 21.9 Å². The molecule has 3 nitrogen and oxygen atoms in total. The number of fused-ring (bicyclic) bond motifs is 2. The molecular weight excluding hydrogens is 312 g/mol. The molecule has 112 valence electrons. The van der Waals surface area contributed by atoms with Crippen molar-refractivity contribution >= 4 is 44.5 Å². The van der Waals surface area contributed by atoms with Gasteiger partial charge in [0.15, 0.2) is 0 Å². The Balaban J connectivity index is 1.94. The molecular formula is C17H16N2OS2. The van der Waals surface area contributed by atoms with Crippen LogP contribution in [0.5, 0.6) is 0 Å². The van der Waals surface area contributed by atoms with E-state index in [1.807, 2.05) is 11.5 Å². The summed E-state index contributed by atoms with van der Waals surface area (Å²) >= 11 is 3.40. The lowest BCUT2D eigenvalue weighted by Crippen LogP contribution is -2.20. The smallest absolute Gasteiger partial charge is 0.262 e. The zero-order valence-electron chi connectivity index (χ0n) is 12.8. The summed E-state index contributed by atoms with van der Waals surface area (Å²) in [7, 11) is 0. The first-order valence-corrected chi connectivity index (χ1v) is 8.96. The fourth-order valence-electron chi connectivity index (χ4n) is 2.96. The van der Waals surface area contributed by atoms with Gasteiger partial charge in [-0.15, -0.1) is 22.7 Å². The number of hydrogen-bond donors (Lipinski definition) is 0. The molecule has 0 N–H and O–H groups in total. The Bertz CT molecular complexity index is 988. The van der Waals surface area contributed by atoms with Crippen molar-refractivity contribution in [1.29, 1.82) is 0 Å². The van der Waals surface area contributed by atoms with Crippen molar-refractivity contribution in [3.05, 3.63) is 48.5 Å². The largest absolute Gasteiger partial charge is 0.292 e. The first-order chi connectivity index (χ1) is 10.5. The van der Waals surface area contributed by atoms with E-state index in [2.05, 4.69) is 32.1 Å². The lowest BCUT2D eigenvalue weighted by molar-refractivity contribution is 0.726. The minimum absolute atomic E-state index is 0.118. The predicted molar refractivity (Wildman–Crippen MR) is 94.9 cm³/mol. The molecule has 1 aliphatic heterocycles. The van der Waals surface area contributed by atoms with Crippen LogP contribution in [0.1, 0.15) is 32.4 Å². The molecule has 3 aromatic rings. The minimum Gasteiger partial charge on any atom is -0.292 e. The zero-order valence-corrected chi connectivity index (χ0v) is 14.4. The molecule has 0 aromatic carbocycles. The van der Waals surface area contributed by atoms with E-state index >= 15 is 0 Å². The highest BCUT2D eigenvalue weighted by molar-refractivity contribution is 7.18. The molecule has 0 bridgehead atoms. The van der Waals surface area contributed by atoms with Crippen LogP contribution in [0.15, 0.2) is 16.9 Å². The quantitative estimate of drug-likeness (QED) is 0.664. The van der Waals surface area contributed by atoms with E-state index < -0.39 is 0 Å². The molecule has 0 aliphatic carbocycles. The Kier molecular flexibility index (Phi) is 3.09. The summed E-state index contributed by atoms with van der Waals surface area (Å²) in [6, 6.07) is 4.26. The van der Waals surface area contributed by atoms with Gasteiger partial charge in [0, 0.05) is 21.2 Å². The molecule has 0 atom stereocenters. The van der Waals surface area contributed by atoms with Crippen LogP contribution in [-0.4, -0.2) is 9.55 Å². The fourth-order valence-corrected chi connectivity index (χ4v) is 4.83. The van der Waals surface area contributed by atoms with Crippen LogP contribution in [0.3, 0.4) is 0 Å². The summed E-state index contributed by atoms with van der Waals surface area (Å²) < 4.78 is 1.84. The van der Waals surface area contributed by atoms with Gasteiger partial charge in [-0.3, -0.25) is 9.36 Å². The van der Waals surface area contributed by atoms with Gasteiger partial charge in [-0.05, 0) is 56.5 Å². The highest BCUT2D eigenvalue weighted by atomic mass is 32.1. The van der Waals surface area contributed by atoms with Gasteiger partial charge in [0.1, 0.15) is 10.7 Å². The van der Waals surface area contributed by atoms with Crippen molar-refractivity contribution in [3.8, 4) is 0 Å². The number of thiophene rings is 2. The van der Waals surface area contributed by atoms with E-state index in [4.69, 9.17) is 4.98 Å².